The molecule has 0 aromatic heterocycles. The van der Waals surface area contributed by atoms with Crippen molar-refractivity contribution in [3.05, 3.63) is 90.0 Å². The highest BCUT2D eigenvalue weighted by atomic mass is 16.5. The Labute approximate surface area is 202 Å². The number of fused-ring (bicyclic) bond motifs is 3. The number of carbonyl (C=O) groups excluding carboxylic acids is 3. The molecule has 1 N–H and O–H groups in total. The standard InChI is InChI=1S/C27H23N3O5/c31-24(30-20-11-5-7-13-23(20)35-17-21(30)18-8-2-1-3-9-18)16-29-25(32)27(28-26(29)33)14-15-34-22-12-6-4-10-19(22)27/h1-13,21H,14-17H2,(H,28,33)/t21-,27-/m0/s1. The van der Waals surface area contributed by atoms with Crippen molar-refractivity contribution < 1.29 is 23.9 Å². The van der Waals surface area contributed by atoms with Gasteiger partial charge in [0, 0.05) is 12.0 Å². The van der Waals surface area contributed by atoms with Crippen LogP contribution >= 0.6 is 0 Å². The van der Waals surface area contributed by atoms with Crippen LogP contribution in [-0.4, -0.2) is 42.5 Å². The average Bonchev–Trinajstić information content (AvgIpc) is 3.13. The molecule has 35 heavy (non-hydrogen) atoms. The highest BCUT2D eigenvalue weighted by Crippen LogP contribution is 2.42. The summed E-state index contributed by atoms with van der Waals surface area (Å²) in [4.78, 5) is 43.1. The molecule has 1 fully saturated rings. The molecule has 176 valence electrons. The lowest BCUT2D eigenvalue weighted by Crippen LogP contribution is -2.49. The molecule has 0 bridgehead atoms. The van der Waals surface area contributed by atoms with Crippen LogP contribution in [-0.2, 0) is 15.1 Å². The molecule has 8 nitrogen and oxygen atoms in total. The number of nitrogens with zero attached hydrogens (tertiary/aromatic N) is 2. The first-order chi connectivity index (χ1) is 17.1. The first kappa shape index (κ1) is 21.2. The zero-order valence-electron chi connectivity index (χ0n) is 18.8. The molecule has 8 heteroatoms. The molecule has 3 aliphatic heterocycles. The number of benzene rings is 3. The van der Waals surface area contributed by atoms with Gasteiger partial charge in [0.25, 0.3) is 5.91 Å². The summed E-state index contributed by atoms with van der Waals surface area (Å²) in [5, 5.41) is 2.86. The average molecular weight is 469 g/mol. The van der Waals surface area contributed by atoms with Gasteiger partial charge in [0.1, 0.15) is 24.7 Å². The van der Waals surface area contributed by atoms with Gasteiger partial charge in [0.15, 0.2) is 5.54 Å². The minimum absolute atomic E-state index is 0.265. The van der Waals surface area contributed by atoms with Gasteiger partial charge in [-0.1, -0.05) is 60.7 Å². The van der Waals surface area contributed by atoms with Crippen molar-refractivity contribution in [2.45, 2.75) is 18.0 Å². The fraction of sp³-hybridized carbons (Fsp3) is 0.222. The van der Waals surface area contributed by atoms with E-state index in [1.54, 1.807) is 29.2 Å². The first-order valence-corrected chi connectivity index (χ1v) is 11.5. The third-order valence-corrected chi connectivity index (χ3v) is 6.84. The molecule has 1 spiro atoms. The summed E-state index contributed by atoms with van der Waals surface area (Å²) in [7, 11) is 0. The van der Waals surface area contributed by atoms with E-state index in [1.165, 1.54) is 0 Å². The van der Waals surface area contributed by atoms with Gasteiger partial charge in [-0.2, -0.15) is 0 Å². The predicted octanol–water partition coefficient (Wildman–Crippen LogP) is 3.38. The monoisotopic (exact) mass is 469 g/mol. The molecule has 3 aliphatic rings. The van der Waals surface area contributed by atoms with Crippen molar-refractivity contribution >= 4 is 23.5 Å². The molecule has 0 aliphatic carbocycles. The molecule has 3 heterocycles. The van der Waals surface area contributed by atoms with Crippen LogP contribution in [0.2, 0.25) is 0 Å². The minimum atomic E-state index is -1.23. The van der Waals surface area contributed by atoms with Gasteiger partial charge in [0.05, 0.1) is 18.3 Å². The Kier molecular flexibility index (Phi) is 4.95. The molecule has 0 saturated carbocycles. The van der Waals surface area contributed by atoms with Crippen molar-refractivity contribution in [1.82, 2.24) is 10.2 Å². The van der Waals surface area contributed by atoms with Crippen LogP contribution < -0.4 is 19.7 Å². The summed E-state index contributed by atoms with van der Waals surface area (Å²) in [6.07, 6.45) is 0.298. The summed E-state index contributed by atoms with van der Waals surface area (Å²) < 4.78 is 11.6. The quantitative estimate of drug-likeness (QED) is 0.594. The van der Waals surface area contributed by atoms with Crippen LogP contribution in [0, 0.1) is 0 Å². The maximum Gasteiger partial charge on any atom is 0.325 e. The molecule has 0 unspecified atom stereocenters. The van der Waals surface area contributed by atoms with E-state index < -0.39 is 23.5 Å². The number of nitrogens with one attached hydrogen (secondary N) is 1. The lowest BCUT2D eigenvalue weighted by atomic mass is 9.84. The zero-order chi connectivity index (χ0) is 24.0. The number of para-hydroxylation sites is 3. The maximum atomic E-state index is 13.8. The number of anilines is 1. The second-order valence-electron chi connectivity index (χ2n) is 8.79. The van der Waals surface area contributed by atoms with Crippen LogP contribution in [0.15, 0.2) is 78.9 Å². The summed E-state index contributed by atoms with van der Waals surface area (Å²) in [5.74, 6) is 0.340. The number of urea groups is 1. The molecule has 3 aromatic carbocycles. The fourth-order valence-corrected chi connectivity index (χ4v) is 5.14. The molecular formula is C27H23N3O5. The van der Waals surface area contributed by atoms with Crippen molar-refractivity contribution in [3.63, 3.8) is 0 Å². The van der Waals surface area contributed by atoms with Gasteiger partial charge >= 0.3 is 6.03 Å². The minimum Gasteiger partial charge on any atom is -0.493 e. The molecule has 1 saturated heterocycles. The summed E-state index contributed by atoms with van der Waals surface area (Å²) in [6.45, 7) is 0.173. The maximum absolute atomic E-state index is 13.8. The Morgan fingerprint density at radius 2 is 1.63 bits per heavy atom. The number of ether oxygens (including phenoxy) is 2. The van der Waals surface area contributed by atoms with Gasteiger partial charge in [-0.15, -0.1) is 0 Å². The van der Waals surface area contributed by atoms with Crippen molar-refractivity contribution in [2.24, 2.45) is 0 Å². The highest BCUT2D eigenvalue weighted by Gasteiger charge is 2.55. The van der Waals surface area contributed by atoms with Crippen LogP contribution in [0.5, 0.6) is 11.5 Å². The van der Waals surface area contributed by atoms with Crippen molar-refractivity contribution in [2.75, 3.05) is 24.7 Å². The number of carbonyl (C=O) groups is 3. The van der Waals surface area contributed by atoms with Crippen LogP contribution in [0.3, 0.4) is 0 Å². The van der Waals surface area contributed by atoms with Gasteiger partial charge < -0.3 is 14.8 Å². The molecule has 4 amide bonds. The van der Waals surface area contributed by atoms with Crippen LogP contribution in [0.25, 0.3) is 0 Å². The number of rotatable bonds is 3. The molecule has 0 radical (unpaired) electrons. The Balaban J connectivity index is 1.33. The Bertz CT molecular complexity index is 1330. The smallest absolute Gasteiger partial charge is 0.325 e. The second kappa shape index (κ2) is 8.16. The molecule has 3 aromatic rings. The zero-order valence-corrected chi connectivity index (χ0v) is 18.8. The predicted molar refractivity (Wildman–Crippen MR) is 127 cm³/mol. The lowest BCUT2D eigenvalue weighted by Gasteiger charge is -2.38. The van der Waals surface area contributed by atoms with Crippen molar-refractivity contribution in [1.29, 1.82) is 0 Å². The van der Waals surface area contributed by atoms with Gasteiger partial charge in [-0.05, 0) is 23.8 Å². The van der Waals surface area contributed by atoms with Gasteiger partial charge in [-0.25, -0.2) is 4.79 Å². The van der Waals surface area contributed by atoms with E-state index in [2.05, 4.69) is 5.32 Å². The number of hydrogen-bond acceptors (Lipinski definition) is 5. The van der Waals surface area contributed by atoms with E-state index in [0.717, 1.165) is 10.5 Å². The summed E-state index contributed by atoms with van der Waals surface area (Å²) in [6, 6.07) is 23.1. The summed E-state index contributed by atoms with van der Waals surface area (Å²) in [5.41, 5.74) is 0.894. The lowest BCUT2D eigenvalue weighted by molar-refractivity contribution is -0.135. The number of imide groups is 1. The number of hydrogen-bond donors (Lipinski definition) is 1. The molecule has 2 atom stereocenters. The third kappa shape index (κ3) is 3.32. The van der Waals surface area contributed by atoms with Crippen LogP contribution in [0.1, 0.15) is 23.6 Å². The fourth-order valence-electron chi connectivity index (χ4n) is 5.14. The van der Waals surface area contributed by atoms with E-state index >= 15 is 0 Å². The van der Waals surface area contributed by atoms with E-state index in [1.807, 2.05) is 54.6 Å². The van der Waals surface area contributed by atoms with E-state index in [4.69, 9.17) is 9.47 Å². The Morgan fingerprint density at radius 1 is 0.914 bits per heavy atom. The van der Waals surface area contributed by atoms with Crippen LogP contribution in [0.4, 0.5) is 10.5 Å². The van der Waals surface area contributed by atoms with E-state index in [9.17, 15) is 14.4 Å². The van der Waals surface area contributed by atoms with Gasteiger partial charge in [0.2, 0.25) is 5.91 Å². The normalized spacial score (nSPS) is 22.7. The second-order valence-corrected chi connectivity index (χ2v) is 8.79. The highest BCUT2D eigenvalue weighted by molar-refractivity contribution is 6.11. The number of amides is 4. The van der Waals surface area contributed by atoms with E-state index in [-0.39, 0.29) is 25.7 Å². The van der Waals surface area contributed by atoms with Crippen molar-refractivity contribution in [3.8, 4) is 11.5 Å². The summed E-state index contributed by atoms with van der Waals surface area (Å²) >= 11 is 0. The van der Waals surface area contributed by atoms with E-state index in [0.29, 0.717) is 29.2 Å². The molecular weight excluding hydrogens is 446 g/mol. The Hall–Kier alpha value is -4.33. The Morgan fingerprint density at radius 3 is 2.46 bits per heavy atom. The van der Waals surface area contributed by atoms with Gasteiger partial charge in [-0.3, -0.25) is 19.4 Å². The largest absolute Gasteiger partial charge is 0.493 e. The SMILES string of the molecule is O=C1N[C@]2(CCOc3ccccc32)C(=O)N1CC(=O)N1c2ccccc2OC[C@H]1c1ccccc1. The third-order valence-electron chi connectivity index (χ3n) is 6.84. The topological polar surface area (TPSA) is 88.2 Å². The molecule has 6 rings (SSSR count). The first-order valence-electron chi connectivity index (χ1n) is 11.5.